The van der Waals surface area contributed by atoms with Gasteiger partial charge < -0.3 is 4.74 Å². The molecule has 5 heteroatoms. The standard InChI is InChI=1S/C24H23FN2O2/c1-24(2,19-9-4-3-5-10-19)20-12-14-21(15-13-20)29-17-23(28)27-26-16-18-8-6-7-11-22(18)25/h3-16H,17H2,1-2H3,(H,27,28). The van der Waals surface area contributed by atoms with Crippen molar-refractivity contribution in [1.29, 1.82) is 0 Å². The molecule has 148 valence electrons. The molecule has 1 N–H and O–H groups in total. The quantitative estimate of drug-likeness (QED) is 0.470. The molecule has 29 heavy (non-hydrogen) atoms. The highest BCUT2D eigenvalue weighted by Crippen LogP contribution is 2.32. The monoisotopic (exact) mass is 390 g/mol. The summed E-state index contributed by atoms with van der Waals surface area (Å²) >= 11 is 0. The highest BCUT2D eigenvalue weighted by Gasteiger charge is 2.22. The van der Waals surface area contributed by atoms with E-state index in [1.54, 1.807) is 18.2 Å². The highest BCUT2D eigenvalue weighted by molar-refractivity contribution is 5.83. The van der Waals surface area contributed by atoms with E-state index in [2.05, 4.69) is 36.5 Å². The number of hydrogen-bond acceptors (Lipinski definition) is 3. The first-order valence-electron chi connectivity index (χ1n) is 9.32. The Morgan fingerprint density at radius 1 is 0.966 bits per heavy atom. The number of ether oxygens (including phenoxy) is 1. The van der Waals surface area contributed by atoms with Crippen LogP contribution in [0.1, 0.15) is 30.5 Å². The first-order valence-corrected chi connectivity index (χ1v) is 9.32. The third-order valence-electron chi connectivity index (χ3n) is 4.74. The van der Waals surface area contributed by atoms with Crippen molar-refractivity contribution >= 4 is 12.1 Å². The Kier molecular flexibility index (Phi) is 6.39. The van der Waals surface area contributed by atoms with Crippen molar-refractivity contribution in [2.24, 2.45) is 5.10 Å². The molecule has 0 saturated carbocycles. The fourth-order valence-corrected chi connectivity index (χ4v) is 2.92. The fourth-order valence-electron chi connectivity index (χ4n) is 2.92. The molecule has 1 amide bonds. The second kappa shape index (κ2) is 9.15. The highest BCUT2D eigenvalue weighted by atomic mass is 19.1. The number of carbonyl (C=O) groups excluding carboxylic acids is 1. The van der Waals surface area contributed by atoms with E-state index in [1.165, 1.54) is 17.8 Å². The summed E-state index contributed by atoms with van der Waals surface area (Å²) in [5.74, 6) is -0.239. The van der Waals surface area contributed by atoms with E-state index in [1.807, 2.05) is 42.5 Å². The van der Waals surface area contributed by atoms with Gasteiger partial charge in [0, 0.05) is 11.0 Å². The lowest BCUT2D eigenvalue weighted by Crippen LogP contribution is -2.24. The van der Waals surface area contributed by atoms with E-state index in [4.69, 9.17) is 4.74 Å². The predicted octanol–water partition coefficient (Wildman–Crippen LogP) is 4.68. The van der Waals surface area contributed by atoms with Crippen molar-refractivity contribution in [2.75, 3.05) is 6.61 Å². The third kappa shape index (κ3) is 5.29. The summed E-state index contributed by atoms with van der Waals surface area (Å²) in [6, 6.07) is 24.1. The molecule has 0 fully saturated rings. The molecular weight excluding hydrogens is 367 g/mol. The molecule has 0 bridgehead atoms. The van der Waals surface area contributed by atoms with Crippen molar-refractivity contribution in [3.8, 4) is 5.75 Å². The molecule has 0 saturated heterocycles. The number of amides is 1. The lowest BCUT2D eigenvalue weighted by Gasteiger charge is -2.26. The molecule has 0 aliphatic heterocycles. The summed E-state index contributed by atoms with van der Waals surface area (Å²) in [5, 5.41) is 3.75. The van der Waals surface area contributed by atoms with Crippen molar-refractivity contribution in [2.45, 2.75) is 19.3 Å². The predicted molar refractivity (Wildman–Crippen MR) is 113 cm³/mol. The van der Waals surface area contributed by atoms with Crippen LogP contribution in [-0.2, 0) is 10.2 Å². The maximum absolute atomic E-state index is 13.5. The van der Waals surface area contributed by atoms with Crippen molar-refractivity contribution in [3.63, 3.8) is 0 Å². The van der Waals surface area contributed by atoms with E-state index >= 15 is 0 Å². The Morgan fingerprint density at radius 2 is 1.59 bits per heavy atom. The Bertz CT molecular complexity index is 983. The van der Waals surface area contributed by atoms with E-state index in [0.717, 1.165) is 5.56 Å². The number of nitrogens with one attached hydrogen (secondary N) is 1. The molecule has 3 rings (SSSR count). The van der Waals surface area contributed by atoms with Crippen LogP contribution in [0.25, 0.3) is 0 Å². The largest absolute Gasteiger partial charge is 0.484 e. The van der Waals surface area contributed by atoms with Gasteiger partial charge in [-0.3, -0.25) is 4.79 Å². The van der Waals surface area contributed by atoms with E-state index in [0.29, 0.717) is 11.3 Å². The second-order valence-electron chi connectivity index (χ2n) is 7.12. The van der Waals surface area contributed by atoms with Gasteiger partial charge in [0.2, 0.25) is 0 Å². The van der Waals surface area contributed by atoms with Gasteiger partial charge in [-0.25, -0.2) is 9.82 Å². The van der Waals surface area contributed by atoms with Crippen LogP contribution in [-0.4, -0.2) is 18.7 Å². The SMILES string of the molecule is CC(C)(c1ccccc1)c1ccc(OCC(=O)NN=Cc2ccccc2F)cc1. The van der Waals surface area contributed by atoms with Crippen molar-refractivity contribution < 1.29 is 13.9 Å². The zero-order valence-electron chi connectivity index (χ0n) is 16.4. The van der Waals surface area contributed by atoms with Gasteiger partial charge in [-0.2, -0.15) is 5.10 Å². The van der Waals surface area contributed by atoms with Crippen molar-refractivity contribution in [3.05, 3.63) is 101 Å². The zero-order valence-corrected chi connectivity index (χ0v) is 16.4. The van der Waals surface area contributed by atoms with E-state index in [9.17, 15) is 9.18 Å². The molecule has 0 spiro atoms. The van der Waals surface area contributed by atoms with Crippen LogP contribution < -0.4 is 10.2 Å². The molecule has 0 aromatic heterocycles. The number of nitrogens with zero attached hydrogens (tertiary/aromatic N) is 1. The zero-order chi connectivity index (χ0) is 20.7. The van der Waals surface area contributed by atoms with Crippen LogP contribution in [0.15, 0.2) is 84.0 Å². The molecule has 3 aromatic carbocycles. The molecule has 4 nitrogen and oxygen atoms in total. The first kappa shape index (κ1) is 20.3. The average Bonchev–Trinajstić information content (AvgIpc) is 2.74. The summed E-state index contributed by atoms with van der Waals surface area (Å²) in [5.41, 5.74) is 4.85. The second-order valence-corrected chi connectivity index (χ2v) is 7.12. The minimum atomic E-state index is -0.425. The Balaban J connectivity index is 1.54. The van der Waals surface area contributed by atoms with Crippen LogP contribution in [0.3, 0.4) is 0 Å². The van der Waals surface area contributed by atoms with Gasteiger partial charge in [0.05, 0.1) is 6.21 Å². The summed E-state index contributed by atoms with van der Waals surface area (Å²) in [4.78, 5) is 11.9. The lowest BCUT2D eigenvalue weighted by atomic mass is 9.78. The maximum atomic E-state index is 13.5. The molecule has 3 aromatic rings. The molecular formula is C24H23FN2O2. The third-order valence-corrected chi connectivity index (χ3v) is 4.74. The lowest BCUT2D eigenvalue weighted by molar-refractivity contribution is -0.123. The summed E-state index contributed by atoms with van der Waals surface area (Å²) in [6.07, 6.45) is 1.26. The summed E-state index contributed by atoms with van der Waals surface area (Å²) < 4.78 is 19.0. The number of hydrogen-bond donors (Lipinski definition) is 1. The van der Waals surface area contributed by atoms with Crippen LogP contribution in [0, 0.1) is 5.82 Å². The van der Waals surface area contributed by atoms with Gasteiger partial charge in [0.25, 0.3) is 5.91 Å². The average molecular weight is 390 g/mol. The minimum absolute atomic E-state index is 0.140. The van der Waals surface area contributed by atoms with Gasteiger partial charge in [0.1, 0.15) is 11.6 Å². The number of carbonyl (C=O) groups is 1. The number of rotatable bonds is 7. The minimum Gasteiger partial charge on any atom is -0.484 e. The topological polar surface area (TPSA) is 50.7 Å². The molecule has 0 unspecified atom stereocenters. The van der Waals surface area contributed by atoms with Gasteiger partial charge in [-0.1, -0.05) is 74.5 Å². The normalized spacial score (nSPS) is 11.4. The fraction of sp³-hybridized carbons (Fsp3) is 0.167. The van der Waals surface area contributed by atoms with Gasteiger partial charge in [-0.05, 0) is 29.3 Å². The van der Waals surface area contributed by atoms with Gasteiger partial charge >= 0.3 is 0 Å². The number of halogens is 1. The number of benzene rings is 3. The summed E-state index contributed by atoms with van der Waals surface area (Å²) in [6.45, 7) is 4.15. The maximum Gasteiger partial charge on any atom is 0.277 e. The molecule has 0 aliphatic rings. The molecule has 0 atom stereocenters. The first-order chi connectivity index (χ1) is 14.0. The number of hydrazone groups is 1. The van der Waals surface area contributed by atoms with Crippen molar-refractivity contribution in [1.82, 2.24) is 5.43 Å². The van der Waals surface area contributed by atoms with Gasteiger partial charge in [-0.15, -0.1) is 0 Å². The van der Waals surface area contributed by atoms with Crippen LogP contribution >= 0.6 is 0 Å². The van der Waals surface area contributed by atoms with Crippen LogP contribution in [0.5, 0.6) is 5.75 Å². The molecule has 0 aliphatic carbocycles. The molecule has 0 heterocycles. The Hall–Kier alpha value is -3.47. The van der Waals surface area contributed by atoms with E-state index in [-0.39, 0.29) is 12.0 Å². The van der Waals surface area contributed by atoms with Gasteiger partial charge in [0.15, 0.2) is 6.61 Å². The smallest absolute Gasteiger partial charge is 0.277 e. The molecule has 0 radical (unpaired) electrons. The van der Waals surface area contributed by atoms with E-state index < -0.39 is 11.7 Å². The Morgan fingerprint density at radius 3 is 2.28 bits per heavy atom. The van der Waals surface area contributed by atoms with Crippen LogP contribution in [0.4, 0.5) is 4.39 Å². The van der Waals surface area contributed by atoms with Crippen LogP contribution in [0.2, 0.25) is 0 Å². The summed E-state index contributed by atoms with van der Waals surface area (Å²) in [7, 11) is 0. The Labute approximate surface area is 170 Å².